The number of nitrogens with zero attached hydrogens (tertiary/aromatic N) is 6. The zero-order chi connectivity index (χ0) is 48.9. The highest BCUT2D eigenvalue weighted by Crippen LogP contribution is 2.41. The molecule has 0 bridgehead atoms. The smallest absolute Gasteiger partial charge is 0.410 e. The lowest BCUT2D eigenvalue weighted by atomic mass is 9.78. The van der Waals surface area contributed by atoms with Crippen molar-refractivity contribution in [3.63, 3.8) is 0 Å². The molecule has 1 aromatic heterocycles. The summed E-state index contributed by atoms with van der Waals surface area (Å²) in [5.41, 5.74) is 5.82. The van der Waals surface area contributed by atoms with Gasteiger partial charge in [-0.3, -0.25) is 19.2 Å². The summed E-state index contributed by atoms with van der Waals surface area (Å²) >= 11 is 0. The Morgan fingerprint density at radius 3 is 2.41 bits per heavy atom. The first kappa shape index (κ1) is 53.2. The van der Waals surface area contributed by atoms with Crippen molar-refractivity contribution in [2.45, 2.75) is 160 Å². The number of amides is 1. The lowest BCUT2D eigenvalue weighted by Gasteiger charge is -2.47. The summed E-state index contributed by atoms with van der Waals surface area (Å²) in [7, 11) is 2.25. The molecule has 1 aromatic carbocycles. The molecule has 3 fully saturated rings. The Hall–Kier alpha value is -3.72. The number of rotatable bonds is 15. The zero-order valence-electron chi connectivity index (χ0n) is 41.2. The molecule has 0 spiro atoms. The molecule has 66 heavy (non-hydrogen) atoms. The monoisotopic (exact) mass is 948 g/mol. The summed E-state index contributed by atoms with van der Waals surface area (Å²) in [4.78, 5) is 48.6. The average Bonchev–Trinajstić information content (AvgIpc) is 3.83. The van der Waals surface area contributed by atoms with Crippen molar-refractivity contribution in [1.82, 2.24) is 29.7 Å². The lowest BCUT2D eigenvalue weighted by Crippen LogP contribution is -2.61. The fraction of sp³-hybridized carbons (Fsp3) is 0.766. The van der Waals surface area contributed by atoms with E-state index in [-0.39, 0.29) is 23.8 Å². The molecule has 3 unspecified atom stereocenters. The number of aromatic nitrogens is 3. The van der Waals surface area contributed by atoms with Gasteiger partial charge in [0.1, 0.15) is 33.7 Å². The van der Waals surface area contributed by atoms with Gasteiger partial charge in [0.05, 0.1) is 35.8 Å². The topological polar surface area (TPSA) is 218 Å². The second-order valence-electron chi connectivity index (χ2n) is 19.8. The molecule has 3 aliphatic heterocycles. The van der Waals surface area contributed by atoms with Gasteiger partial charge in [-0.25, -0.2) is 13.2 Å². The standard InChI is InChI=1S/C47H77N7O11S/c1-13-38-47(8)41(54(45(58)65-47)22-15-14-21-53-28-36(49-50-53)34-18-16-19-35(48)25-34)33(6)52(10)27-29(2)26-46(7,61-11)42(31(4)39(55)32(5)43(57)63-38)64-44-40(56)37(24-30(3)62-44)51(9)20-17-23-66(12,59)60/h16,18-19,25,28-33,37-38,40-42,44,56H,13-15,17,20-24,26-27,48H2,1-12H3/t29-,30?,31+,32-,33-,37?,38-,40?,41-,42-,44+,46-,47-/m1/s1. The van der Waals surface area contributed by atoms with Crippen molar-refractivity contribution in [1.29, 1.82) is 0 Å². The summed E-state index contributed by atoms with van der Waals surface area (Å²) in [6.45, 7) is 16.8. The normalized spacial score (nSPS) is 34.4. The number of Topliss-reactive ketones (excluding diaryl/α,β-unsaturated/α-hetero) is 1. The van der Waals surface area contributed by atoms with E-state index in [1.165, 1.54) is 13.2 Å². The molecule has 372 valence electrons. The summed E-state index contributed by atoms with van der Waals surface area (Å²) in [5.74, 6) is -3.40. The van der Waals surface area contributed by atoms with Gasteiger partial charge >= 0.3 is 12.1 Å². The number of hydrogen-bond donors (Lipinski definition) is 2. The number of hydrogen-bond acceptors (Lipinski definition) is 16. The molecule has 5 rings (SSSR count). The van der Waals surface area contributed by atoms with Gasteiger partial charge < -0.3 is 44.3 Å². The molecule has 3 saturated heterocycles. The zero-order valence-corrected chi connectivity index (χ0v) is 42.0. The number of carbonyl (C=O) groups is 3. The van der Waals surface area contributed by atoms with E-state index < -0.39 is 87.4 Å². The Bertz CT molecular complexity index is 2070. The second kappa shape index (κ2) is 22.1. The number of nitrogen functional groups attached to an aromatic ring is 1. The highest BCUT2D eigenvalue weighted by atomic mass is 32.2. The molecule has 0 aliphatic carbocycles. The van der Waals surface area contributed by atoms with E-state index >= 15 is 0 Å². The maximum absolute atomic E-state index is 14.6. The van der Waals surface area contributed by atoms with Gasteiger partial charge in [-0.05, 0) is 112 Å². The van der Waals surface area contributed by atoms with Crippen LogP contribution >= 0.6 is 0 Å². The van der Waals surface area contributed by atoms with Crippen molar-refractivity contribution in [2.24, 2.45) is 17.8 Å². The van der Waals surface area contributed by atoms with Crippen LogP contribution in [-0.2, 0) is 49.7 Å². The van der Waals surface area contributed by atoms with E-state index in [9.17, 15) is 27.9 Å². The predicted octanol–water partition coefficient (Wildman–Crippen LogP) is 4.43. The summed E-state index contributed by atoms with van der Waals surface area (Å²) in [6, 6.07) is 6.23. The number of methoxy groups -OCH3 is 1. The number of unbranched alkanes of at least 4 members (excludes halogenated alkanes) is 1. The predicted molar refractivity (Wildman–Crippen MR) is 250 cm³/mol. The quantitative estimate of drug-likeness (QED) is 0.109. The minimum Gasteiger partial charge on any atom is -0.458 e. The maximum atomic E-state index is 14.6. The number of aryl methyl sites for hydroxylation is 1. The fourth-order valence-corrected chi connectivity index (χ4v) is 11.1. The van der Waals surface area contributed by atoms with E-state index in [0.29, 0.717) is 76.1 Å². The number of sulfone groups is 1. The Labute approximate surface area is 392 Å². The number of fused-ring (bicyclic) bond motifs is 1. The number of nitrogens with two attached hydrogens (primary N) is 1. The number of ether oxygens (including phenoxy) is 5. The molecule has 0 radical (unpaired) electrons. The third kappa shape index (κ3) is 12.5. The Kier molecular flexibility index (Phi) is 17.9. The third-order valence-corrected chi connectivity index (χ3v) is 15.3. The lowest BCUT2D eigenvalue weighted by molar-refractivity contribution is -0.296. The van der Waals surface area contributed by atoms with Crippen LogP contribution in [0.15, 0.2) is 30.5 Å². The first-order valence-electron chi connectivity index (χ1n) is 23.5. The molecule has 18 nitrogen and oxygen atoms in total. The van der Waals surface area contributed by atoms with Crippen molar-refractivity contribution < 1.29 is 51.6 Å². The first-order chi connectivity index (χ1) is 30.9. The molecular weight excluding hydrogens is 871 g/mol. The van der Waals surface area contributed by atoms with Crippen molar-refractivity contribution in [2.75, 3.05) is 58.6 Å². The summed E-state index contributed by atoms with van der Waals surface area (Å²) < 4.78 is 57.4. The van der Waals surface area contributed by atoms with Crippen LogP contribution in [0.25, 0.3) is 11.3 Å². The summed E-state index contributed by atoms with van der Waals surface area (Å²) in [6.07, 6.45) is 0.980. The van der Waals surface area contributed by atoms with E-state index in [1.54, 1.807) is 23.6 Å². The van der Waals surface area contributed by atoms with Gasteiger partial charge in [0, 0.05) is 62.3 Å². The maximum Gasteiger partial charge on any atom is 0.410 e. The van der Waals surface area contributed by atoms with Crippen LogP contribution in [0, 0.1) is 17.8 Å². The van der Waals surface area contributed by atoms with Gasteiger partial charge in [0.2, 0.25) is 0 Å². The summed E-state index contributed by atoms with van der Waals surface area (Å²) in [5, 5.41) is 20.4. The number of benzene rings is 1. The van der Waals surface area contributed by atoms with Crippen molar-refractivity contribution in [3.05, 3.63) is 30.5 Å². The van der Waals surface area contributed by atoms with E-state index in [0.717, 1.165) is 5.56 Å². The van der Waals surface area contributed by atoms with Crippen LogP contribution in [0.3, 0.4) is 0 Å². The number of carbonyl (C=O) groups excluding carboxylic acids is 3. The van der Waals surface area contributed by atoms with Gasteiger partial charge in [0.15, 0.2) is 17.7 Å². The van der Waals surface area contributed by atoms with Crippen LogP contribution in [-0.4, -0.2) is 174 Å². The van der Waals surface area contributed by atoms with Crippen LogP contribution < -0.4 is 5.73 Å². The molecule has 0 saturated carbocycles. The van der Waals surface area contributed by atoms with Gasteiger partial charge in [0.25, 0.3) is 0 Å². The van der Waals surface area contributed by atoms with Gasteiger partial charge in [-0.15, -0.1) is 5.10 Å². The largest absolute Gasteiger partial charge is 0.458 e. The molecule has 13 atom stereocenters. The average molecular weight is 948 g/mol. The Balaban J connectivity index is 1.39. The molecule has 19 heteroatoms. The number of ketones is 1. The third-order valence-electron chi connectivity index (χ3n) is 14.2. The first-order valence-corrected chi connectivity index (χ1v) is 25.6. The van der Waals surface area contributed by atoms with Gasteiger partial charge in [-0.2, -0.15) is 0 Å². The molecule has 3 aliphatic rings. The van der Waals surface area contributed by atoms with Crippen molar-refractivity contribution in [3.8, 4) is 11.3 Å². The minimum atomic E-state index is -3.16. The number of anilines is 1. The highest BCUT2D eigenvalue weighted by Gasteiger charge is 2.59. The number of likely N-dealkylation sites (N-methyl/N-ethyl adjacent to an activating group) is 2. The number of aliphatic hydroxyl groups excluding tert-OH is 1. The molecular formula is C47H77N7O11S. The molecule has 1 amide bonds. The molecule has 4 heterocycles. The minimum absolute atomic E-state index is 0.0226. The van der Waals surface area contributed by atoms with Crippen molar-refractivity contribution >= 4 is 33.4 Å². The number of esters is 1. The Morgan fingerprint density at radius 2 is 1.76 bits per heavy atom. The van der Waals surface area contributed by atoms with E-state index in [2.05, 4.69) is 29.1 Å². The van der Waals surface area contributed by atoms with Crippen LogP contribution in [0.2, 0.25) is 0 Å². The molecule has 2 aromatic rings. The van der Waals surface area contributed by atoms with Crippen LogP contribution in [0.5, 0.6) is 0 Å². The van der Waals surface area contributed by atoms with Crippen LogP contribution in [0.4, 0.5) is 10.5 Å². The Morgan fingerprint density at radius 1 is 1.06 bits per heavy atom. The second-order valence-corrected chi connectivity index (χ2v) is 22.0. The molecule has 3 N–H and O–H groups in total. The fourth-order valence-electron chi connectivity index (χ4n) is 10.5. The number of cyclic esters (lactones) is 1. The number of aliphatic hydroxyl groups is 1. The van der Waals surface area contributed by atoms with E-state index in [1.807, 2.05) is 77.2 Å². The highest BCUT2D eigenvalue weighted by molar-refractivity contribution is 7.90. The SMILES string of the molecule is CC[C@H]1OC(=O)[C@H](C)C(=O)[C@H](C)[C@@H](O[C@@H]2OC(C)CC(N(C)CCCS(C)(=O)=O)C2O)[C@](C)(OC)C[C@@H](C)CN(C)[C@H](C)[C@H]2N(CCCCn3cc(-c4cccc(N)c4)nn3)C(=O)O[C@]12C. The van der Waals surface area contributed by atoms with Gasteiger partial charge in [-0.1, -0.05) is 38.1 Å². The van der Waals surface area contributed by atoms with Crippen LogP contribution in [0.1, 0.15) is 93.9 Å². The van der Waals surface area contributed by atoms with E-state index in [4.69, 9.17) is 29.4 Å².